The number of hydrogen-bond acceptors (Lipinski definition) is 5. The molecule has 1 aromatic heterocycles. The molecule has 1 saturated carbocycles. The van der Waals surface area contributed by atoms with Crippen molar-refractivity contribution in [1.29, 1.82) is 0 Å². The Morgan fingerprint density at radius 3 is 2.87 bits per heavy atom. The first-order valence-corrected chi connectivity index (χ1v) is 10.5. The number of carbonyl (C=O) groups is 1. The molecule has 0 saturated heterocycles. The maximum absolute atomic E-state index is 12.0. The van der Waals surface area contributed by atoms with E-state index in [0.717, 1.165) is 47.2 Å². The number of hydrogen-bond donors (Lipinski definition) is 3. The zero-order chi connectivity index (χ0) is 22.0. The number of H-pyrrole nitrogens is 1. The normalized spacial score (nSPS) is 18.5. The quantitative estimate of drug-likeness (QED) is 0.487. The van der Waals surface area contributed by atoms with Crippen LogP contribution in [0.5, 0.6) is 11.5 Å². The number of amides is 1. The second-order valence-corrected chi connectivity index (χ2v) is 8.46. The third kappa shape index (κ3) is 5.00. The lowest BCUT2D eigenvalue weighted by Crippen LogP contribution is -2.48. The minimum absolute atomic E-state index is 0.0211. The number of nitrogens with one attached hydrogen (secondary N) is 2. The van der Waals surface area contributed by atoms with Gasteiger partial charge in [-0.25, -0.2) is 0 Å². The van der Waals surface area contributed by atoms with Crippen molar-refractivity contribution < 1.29 is 14.6 Å². The molecule has 162 valence electrons. The standard InChI is InChI=1S/C23H25ClN4O3/c1-28(2)7-3-4-23(30)26-16-11-17(12-16)31-22-10-15(9-20-18(22)13-25-27-20)14-5-6-21(29)19(24)8-14/h3-6,8-10,13,16-17,29H,7,11-12H2,1-2H3,(H,25,27)(H,26,30)/b4-3+/t16-,17-. The predicted octanol–water partition coefficient (Wildman–Crippen LogP) is 3.73. The first-order chi connectivity index (χ1) is 14.9. The van der Waals surface area contributed by atoms with Crippen LogP contribution in [0.15, 0.2) is 48.7 Å². The van der Waals surface area contributed by atoms with Crippen molar-refractivity contribution in [3.8, 4) is 22.6 Å². The molecule has 0 unspecified atom stereocenters. The van der Waals surface area contributed by atoms with E-state index in [2.05, 4.69) is 15.5 Å². The summed E-state index contributed by atoms with van der Waals surface area (Å²) in [6.45, 7) is 0.729. The summed E-state index contributed by atoms with van der Waals surface area (Å²) in [6.07, 6.45) is 6.69. The number of likely N-dealkylation sites (N-methyl/N-ethyl adjacent to an activating group) is 1. The lowest BCUT2D eigenvalue weighted by atomic mass is 9.89. The summed E-state index contributed by atoms with van der Waals surface area (Å²) in [6, 6.07) is 9.14. The second kappa shape index (κ2) is 8.99. The fraction of sp³-hybridized carbons (Fsp3) is 0.304. The largest absolute Gasteiger partial charge is 0.506 e. The van der Waals surface area contributed by atoms with Gasteiger partial charge >= 0.3 is 0 Å². The molecule has 0 spiro atoms. The third-order valence-electron chi connectivity index (χ3n) is 5.28. The molecule has 1 heterocycles. The molecule has 3 N–H and O–H groups in total. The van der Waals surface area contributed by atoms with E-state index in [1.165, 1.54) is 0 Å². The smallest absolute Gasteiger partial charge is 0.243 e. The van der Waals surface area contributed by atoms with Crippen molar-refractivity contribution in [3.05, 3.63) is 53.7 Å². The molecule has 1 aliphatic rings. The maximum Gasteiger partial charge on any atom is 0.243 e. The Bertz CT molecular complexity index is 1120. The van der Waals surface area contributed by atoms with Gasteiger partial charge in [0.1, 0.15) is 17.6 Å². The summed E-state index contributed by atoms with van der Waals surface area (Å²) in [4.78, 5) is 14.0. The van der Waals surface area contributed by atoms with Gasteiger partial charge in [-0.15, -0.1) is 0 Å². The number of fused-ring (bicyclic) bond motifs is 1. The third-order valence-corrected chi connectivity index (χ3v) is 5.58. The zero-order valence-corrected chi connectivity index (χ0v) is 18.2. The van der Waals surface area contributed by atoms with Crippen LogP contribution in [0.25, 0.3) is 22.0 Å². The fourth-order valence-corrected chi connectivity index (χ4v) is 3.73. The SMILES string of the molecule is CN(C)C/C=C/C(=O)N[C@H]1C[C@H](Oc2cc(-c3ccc(O)c(Cl)c3)cc3[nH]ncc23)C1. The van der Waals surface area contributed by atoms with E-state index in [-0.39, 0.29) is 23.8 Å². The van der Waals surface area contributed by atoms with E-state index in [0.29, 0.717) is 5.02 Å². The lowest BCUT2D eigenvalue weighted by molar-refractivity contribution is -0.118. The molecule has 1 aliphatic carbocycles. The molecule has 7 nitrogen and oxygen atoms in total. The van der Waals surface area contributed by atoms with Crippen molar-refractivity contribution in [2.45, 2.75) is 25.0 Å². The van der Waals surface area contributed by atoms with Gasteiger partial charge in [-0.1, -0.05) is 23.7 Å². The number of rotatable bonds is 7. The first kappa shape index (κ1) is 21.2. The van der Waals surface area contributed by atoms with Gasteiger partial charge in [-0.3, -0.25) is 9.89 Å². The summed E-state index contributed by atoms with van der Waals surface area (Å²) >= 11 is 6.08. The Labute approximate surface area is 185 Å². The summed E-state index contributed by atoms with van der Waals surface area (Å²) in [5, 5.41) is 21.0. The molecule has 4 rings (SSSR count). The average Bonchev–Trinajstić information content (AvgIpc) is 3.17. The predicted molar refractivity (Wildman–Crippen MR) is 121 cm³/mol. The molecule has 0 bridgehead atoms. The van der Waals surface area contributed by atoms with Crippen LogP contribution in [0.2, 0.25) is 5.02 Å². The summed E-state index contributed by atoms with van der Waals surface area (Å²) in [5.74, 6) is 0.698. The minimum atomic E-state index is -0.0752. The number of aromatic amines is 1. The van der Waals surface area contributed by atoms with Gasteiger partial charge in [0.05, 0.1) is 22.1 Å². The Morgan fingerprint density at radius 2 is 2.13 bits per heavy atom. The molecule has 31 heavy (non-hydrogen) atoms. The van der Waals surface area contributed by atoms with Gasteiger partial charge in [-0.05, 0) is 49.5 Å². The minimum Gasteiger partial charge on any atom is -0.506 e. The summed E-state index contributed by atoms with van der Waals surface area (Å²) in [5.41, 5.74) is 2.63. The Hall–Kier alpha value is -3.03. The van der Waals surface area contributed by atoms with Crippen LogP contribution in [-0.4, -0.2) is 58.9 Å². The number of phenolic OH excluding ortho intramolecular Hbond substituents is 1. The topological polar surface area (TPSA) is 90.5 Å². The lowest BCUT2D eigenvalue weighted by Gasteiger charge is -2.35. The summed E-state index contributed by atoms with van der Waals surface area (Å²) < 4.78 is 6.24. The van der Waals surface area contributed by atoms with Crippen molar-refractivity contribution >= 4 is 28.4 Å². The first-order valence-electron chi connectivity index (χ1n) is 10.1. The van der Waals surface area contributed by atoms with Gasteiger partial charge in [0.15, 0.2) is 0 Å². The highest BCUT2D eigenvalue weighted by atomic mass is 35.5. The van der Waals surface area contributed by atoms with Crippen LogP contribution >= 0.6 is 11.6 Å². The van der Waals surface area contributed by atoms with Gasteiger partial charge in [0.25, 0.3) is 0 Å². The van der Waals surface area contributed by atoms with Gasteiger partial charge in [0.2, 0.25) is 5.91 Å². The van der Waals surface area contributed by atoms with E-state index in [9.17, 15) is 9.90 Å². The van der Waals surface area contributed by atoms with E-state index >= 15 is 0 Å². The van der Waals surface area contributed by atoms with Crippen molar-refractivity contribution in [3.63, 3.8) is 0 Å². The Morgan fingerprint density at radius 1 is 1.32 bits per heavy atom. The fourth-order valence-electron chi connectivity index (χ4n) is 3.55. The van der Waals surface area contributed by atoms with Crippen molar-refractivity contribution in [2.75, 3.05) is 20.6 Å². The van der Waals surface area contributed by atoms with E-state index in [1.54, 1.807) is 30.5 Å². The van der Waals surface area contributed by atoms with Crippen molar-refractivity contribution in [2.24, 2.45) is 0 Å². The van der Waals surface area contributed by atoms with E-state index in [4.69, 9.17) is 16.3 Å². The molecular weight excluding hydrogens is 416 g/mol. The number of aromatic nitrogens is 2. The number of benzene rings is 2. The number of ether oxygens (including phenoxy) is 1. The molecule has 0 aliphatic heterocycles. The highest BCUT2D eigenvalue weighted by molar-refractivity contribution is 6.32. The van der Waals surface area contributed by atoms with Crippen LogP contribution in [0, 0.1) is 0 Å². The van der Waals surface area contributed by atoms with Crippen LogP contribution in [0.1, 0.15) is 12.8 Å². The average molecular weight is 441 g/mol. The van der Waals surface area contributed by atoms with Crippen LogP contribution < -0.4 is 10.1 Å². The number of aromatic hydroxyl groups is 1. The van der Waals surface area contributed by atoms with Crippen LogP contribution in [0.4, 0.5) is 0 Å². The zero-order valence-electron chi connectivity index (χ0n) is 17.4. The molecule has 2 aromatic carbocycles. The number of halogens is 1. The monoisotopic (exact) mass is 440 g/mol. The Kier molecular flexibility index (Phi) is 6.15. The van der Waals surface area contributed by atoms with Gasteiger partial charge < -0.3 is 20.1 Å². The molecule has 1 fully saturated rings. The molecule has 8 heteroatoms. The van der Waals surface area contributed by atoms with Crippen LogP contribution in [0.3, 0.4) is 0 Å². The Balaban J connectivity index is 1.42. The molecule has 0 radical (unpaired) electrons. The maximum atomic E-state index is 12.0. The summed E-state index contributed by atoms with van der Waals surface area (Å²) in [7, 11) is 3.91. The van der Waals surface area contributed by atoms with Gasteiger partial charge in [-0.2, -0.15) is 5.10 Å². The van der Waals surface area contributed by atoms with Gasteiger partial charge in [0, 0.05) is 31.5 Å². The van der Waals surface area contributed by atoms with Crippen molar-refractivity contribution in [1.82, 2.24) is 20.4 Å². The number of nitrogens with zero attached hydrogens (tertiary/aromatic N) is 2. The van der Waals surface area contributed by atoms with Crippen LogP contribution in [-0.2, 0) is 4.79 Å². The highest BCUT2D eigenvalue weighted by Crippen LogP contribution is 2.36. The second-order valence-electron chi connectivity index (χ2n) is 8.05. The molecule has 0 atom stereocenters. The molecule has 1 amide bonds. The highest BCUT2D eigenvalue weighted by Gasteiger charge is 2.32. The molecular formula is C23H25ClN4O3. The molecule has 3 aromatic rings. The van der Waals surface area contributed by atoms with E-state index < -0.39 is 0 Å². The van der Waals surface area contributed by atoms with E-state index in [1.807, 2.05) is 37.2 Å². The number of carbonyl (C=O) groups excluding carboxylic acids is 1. The number of phenols is 1.